The molecule has 88 valence electrons. The molecule has 2 rings (SSSR count). The van der Waals surface area contributed by atoms with Gasteiger partial charge in [-0.05, 0) is 31.4 Å². The van der Waals surface area contributed by atoms with E-state index in [1.807, 2.05) is 6.07 Å². The van der Waals surface area contributed by atoms with E-state index in [4.69, 9.17) is 4.74 Å². The molecule has 0 unspecified atom stereocenters. The van der Waals surface area contributed by atoms with Gasteiger partial charge in [0.1, 0.15) is 5.69 Å². The van der Waals surface area contributed by atoms with Crippen LogP contribution in [0, 0.1) is 0 Å². The van der Waals surface area contributed by atoms with E-state index in [0.29, 0.717) is 5.39 Å². The maximum absolute atomic E-state index is 11.7. The highest BCUT2D eigenvalue weighted by atomic mass is 16.5. The average molecular weight is 231 g/mol. The van der Waals surface area contributed by atoms with Gasteiger partial charge in [-0.15, -0.1) is 0 Å². The molecule has 0 aliphatic carbocycles. The van der Waals surface area contributed by atoms with Crippen molar-refractivity contribution < 1.29 is 9.53 Å². The molecule has 1 heterocycles. The van der Waals surface area contributed by atoms with Crippen molar-refractivity contribution in [1.29, 1.82) is 0 Å². The van der Waals surface area contributed by atoms with Crippen molar-refractivity contribution in [3.8, 4) is 0 Å². The van der Waals surface area contributed by atoms with E-state index < -0.39 is 5.97 Å². The van der Waals surface area contributed by atoms with Crippen LogP contribution in [-0.2, 0) is 4.74 Å². The summed E-state index contributed by atoms with van der Waals surface area (Å²) < 4.78 is 5.03. The number of aromatic amines is 1. The molecule has 1 aromatic heterocycles. The van der Waals surface area contributed by atoms with Gasteiger partial charge in [0.2, 0.25) is 0 Å². The highest BCUT2D eigenvalue weighted by molar-refractivity contribution is 5.92. The first kappa shape index (κ1) is 11.4. The van der Waals surface area contributed by atoms with E-state index in [1.54, 1.807) is 38.1 Å². The van der Waals surface area contributed by atoms with Crippen LogP contribution in [0.4, 0.5) is 0 Å². The van der Waals surface area contributed by atoms with Crippen molar-refractivity contribution >= 4 is 16.7 Å². The van der Waals surface area contributed by atoms with Crippen LogP contribution in [0.25, 0.3) is 10.8 Å². The third-order valence-electron chi connectivity index (χ3n) is 2.32. The number of benzene rings is 1. The Balaban J connectivity index is 2.50. The van der Waals surface area contributed by atoms with Crippen LogP contribution in [0.1, 0.15) is 24.3 Å². The summed E-state index contributed by atoms with van der Waals surface area (Å²) in [4.78, 5) is 25.9. The predicted octanol–water partition coefficient (Wildman–Crippen LogP) is 2.09. The number of carbonyl (C=O) groups is 1. The fraction of sp³-hybridized carbons (Fsp3) is 0.231. The van der Waals surface area contributed by atoms with Crippen LogP contribution in [-0.4, -0.2) is 17.1 Å². The van der Waals surface area contributed by atoms with Gasteiger partial charge < -0.3 is 9.72 Å². The zero-order valence-corrected chi connectivity index (χ0v) is 9.69. The number of H-pyrrole nitrogens is 1. The summed E-state index contributed by atoms with van der Waals surface area (Å²) >= 11 is 0. The number of esters is 1. The molecule has 0 aliphatic heterocycles. The van der Waals surface area contributed by atoms with E-state index in [9.17, 15) is 9.59 Å². The molecular formula is C13H13NO3. The molecule has 1 aromatic carbocycles. The smallest absolute Gasteiger partial charge is 0.355 e. The molecule has 17 heavy (non-hydrogen) atoms. The fourth-order valence-corrected chi connectivity index (χ4v) is 1.60. The summed E-state index contributed by atoms with van der Waals surface area (Å²) in [6.45, 7) is 3.52. The molecule has 0 fully saturated rings. The zero-order chi connectivity index (χ0) is 12.4. The monoisotopic (exact) mass is 231 g/mol. The number of pyridine rings is 1. The zero-order valence-electron chi connectivity index (χ0n) is 9.69. The number of ether oxygens (including phenoxy) is 1. The molecule has 0 bridgehead atoms. The Morgan fingerprint density at radius 3 is 2.71 bits per heavy atom. The number of rotatable bonds is 2. The molecular weight excluding hydrogens is 218 g/mol. The van der Waals surface area contributed by atoms with Gasteiger partial charge in [-0.3, -0.25) is 4.79 Å². The second-order valence-corrected chi connectivity index (χ2v) is 4.05. The van der Waals surface area contributed by atoms with Gasteiger partial charge in [-0.1, -0.05) is 18.2 Å². The number of fused-ring (bicyclic) bond motifs is 1. The van der Waals surface area contributed by atoms with Crippen LogP contribution in [0.5, 0.6) is 0 Å². The van der Waals surface area contributed by atoms with Crippen molar-refractivity contribution in [2.75, 3.05) is 0 Å². The minimum atomic E-state index is -0.511. The van der Waals surface area contributed by atoms with Gasteiger partial charge >= 0.3 is 5.97 Å². The lowest BCUT2D eigenvalue weighted by atomic mass is 10.1. The van der Waals surface area contributed by atoms with Gasteiger partial charge in [-0.25, -0.2) is 4.79 Å². The Morgan fingerprint density at radius 2 is 2.00 bits per heavy atom. The Hall–Kier alpha value is -2.10. The maximum atomic E-state index is 11.7. The van der Waals surface area contributed by atoms with Crippen LogP contribution in [0.15, 0.2) is 35.1 Å². The first-order valence-electron chi connectivity index (χ1n) is 5.41. The first-order chi connectivity index (χ1) is 8.08. The molecule has 1 N–H and O–H groups in total. The van der Waals surface area contributed by atoms with Gasteiger partial charge in [0.25, 0.3) is 5.56 Å². The largest absolute Gasteiger partial charge is 0.458 e. The molecule has 0 saturated heterocycles. The van der Waals surface area contributed by atoms with Crippen molar-refractivity contribution in [2.45, 2.75) is 20.0 Å². The molecule has 0 atom stereocenters. The number of aromatic nitrogens is 1. The first-order valence-corrected chi connectivity index (χ1v) is 5.41. The number of hydrogen-bond acceptors (Lipinski definition) is 3. The third-order valence-corrected chi connectivity index (χ3v) is 2.32. The van der Waals surface area contributed by atoms with E-state index in [2.05, 4.69) is 4.98 Å². The van der Waals surface area contributed by atoms with Crippen molar-refractivity contribution in [3.05, 3.63) is 46.4 Å². The average Bonchev–Trinajstić information content (AvgIpc) is 2.28. The molecule has 2 aromatic rings. The highest BCUT2D eigenvalue weighted by Gasteiger charge is 2.11. The van der Waals surface area contributed by atoms with E-state index in [1.165, 1.54) is 0 Å². The summed E-state index contributed by atoms with van der Waals surface area (Å²) in [6, 6.07) is 8.73. The minimum Gasteiger partial charge on any atom is -0.458 e. The van der Waals surface area contributed by atoms with Crippen LogP contribution < -0.4 is 5.56 Å². The topological polar surface area (TPSA) is 59.2 Å². The molecule has 0 aliphatic rings. The van der Waals surface area contributed by atoms with Crippen molar-refractivity contribution in [2.24, 2.45) is 0 Å². The second kappa shape index (κ2) is 4.41. The van der Waals surface area contributed by atoms with E-state index >= 15 is 0 Å². The SMILES string of the molecule is CC(C)OC(=O)c1cc2ccccc2c(=O)[nH]1. The highest BCUT2D eigenvalue weighted by Crippen LogP contribution is 2.10. The van der Waals surface area contributed by atoms with Crippen LogP contribution >= 0.6 is 0 Å². The quantitative estimate of drug-likeness (QED) is 0.805. The van der Waals surface area contributed by atoms with Crippen molar-refractivity contribution in [1.82, 2.24) is 4.98 Å². The normalized spacial score (nSPS) is 10.8. The Morgan fingerprint density at radius 1 is 1.29 bits per heavy atom. The van der Waals surface area contributed by atoms with Crippen LogP contribution in [0.2, 0.25) is 0 Å². The second-order valence-electron chi connectivity index (χ2n) is 4.05. The Labute approximate surface area is 98.2 Å². The number of carbonyl (C=O) groups excluding carboxylic acids is 1. The Kier molecular flexibility index (Phi) is 2.95. The Bertz CT molecular complexity index is 613. The third kappa shape index (κ3) is 2.36. The van der Waals surface area contributed by atoms with Crippen LogP contribution in [0.3, 0.4) is 0 Å². The van der Waals surface area contributed by atoms with E-state index in [-0.39, 0.29) is 17.4 Å². The summed E-state index contributed by atoms with van der Waals surface area (Å²) in [6.07, 6.45) is -0.211. The predicted molar refractivity (Wildman–Crippen MR) is 65.1 cm³/mol. The lowest BCUT2D eigenvalue weighted by Gasteiger charge is -2.08. The van der Waals surface area contributed by atoms with E-state index in [0.717, 1.165) is 5.39 Å². The molecule has 0 amide bonds. The summed E-state index contributed by atoms with van der Waals surface area (Å²) in [5.41, 5.74) is -0.0961. The van der Waals surface area contributed by atoms with Gasteiger partial charge in [-0.2, -0.15) is 0 Å². The summed E-state index contributed by atoms with van der Waals surface area (Å²) in [5.74, 6) is -0.511. The number of hydrogen-bond donors (Lipinski definition) is 1. The maximum Gasteiger partial charge on any atom is 0.355 e. The van der Waals surface area contributed by atoms with Crippen molar-refractivity contribution in [3.63, 3.8) is 0 Å². The van der Waals surface area contributed by atoms with Gasteiger partial charge in [0.05, 0.1) is 6.10 Å². The summed E-state index contributed by atoms with van der Waals surface area (Å²) in [7, 11) is 0. The molecule has 0 saturated carbocycles. The van der Waals surface area contributed by atoms with Gasteiger partial charge in [0.15, 0.2) is 0 Å². The minimum absolute atomic E-state index is 0.183. The number of nitrogens with one attached hydrogen (secondary N) is 1. The molecule has 0 spiro atoms. The molecule has 0 radical (unpaired) electrons. The fourth-order valence-electron chi connectivity index (χ4n) is 1.60. The summed E-state index contributed by atoms with van der Waals surface area (Å²) in [5, 5.41) is 1.29. The molecule has 4 heteroatoms. The lowest BCUT2D eigenvalue weighted by molar-refractivity contribution is 0.0371. The lowest BCUT2D eigenvalue weighted by Crippen LogP contribution is -2.17. The molecule has 4 nitrogen and oxygen atoms in total. The standard InChI is InChI=1S/C13H13NO3/c1-8(2)17-13(16)11-7-9-5-3-4-6-10(9)12(15)14-11/h3-8H,1-2H3,(H,14,15). The van der Waals surface area contributed by atoms with Gasteiger partial charge in [0, 0.05) is 5.39 Å².